The van der Waals surface area contributed by atoms with Crippen LogP contribution in [0.5, 0.6) is 0 Å². The van der Waals surface area contributed by atoms with Crippen molar-refractivity contribution in [2.24, 2.45) is 0 Å². The summed E-state index contributed by atoms with van der Waals surface area (Å²) in [4.78, 5) is 12.8. The van der Waals surface area contributed by atoms with E-state index in [1.54, 1.807) is 6.92 Å². The molecule has 1 unspecified atom stereocenters. The quantitative estimate of drug-likeness (QED) is 0.842. The predicted octanol–water partition coefficient (Wildman–Crippen LogP) is 2.90. The molecule has 0 aliphatic carbocycles. The van der Waals surface area contributed by atoms with Gasteiger partial charge in [-0.05, 0) is 30.4 Å². The standard InChI is InChI=1S/C14H14O2S/c1-10(15)9-11-4-6-12(7-5-11)14(16)13-3-2-8-17-13/h2-8,10,15H,9H2,1H3. The Morgan fingerprint density at radius 2 is 2.00 bits per heavy atom. The number of carbonyl (C=O) groups is 1. The van der Waals surface area contributed by atoms with Gasteiger partial charge in [0.25, 0.3) is 0 Å². The van der Waals surface area contributed by atoms with Gasteiger partial charge in [-0.1, -0.05) is 30.3 Å². The van der Waals surface area contributed by atoms with Gasteiger partial charge in [0.1, 0.15) is 0 Å². The Balaban J connectivity index is 2.15. The van der Waals surface area contributed by atoms with Gasteiger partial charge in [0.15, 0.2) is 0 Å². The van der Waals surface area contributed by atoms with E-state index < -0.39 is 0 Å². The lowest BCUT2D eigenvalue weighted by atomic mass is 10.0. The zero-order chi connectivity index (χ0) is 12.3. The third-order valence-electron chi connectivity index (χ3n) is 2.49. The van der Waals surface area contributed by atoms with Crippen LogP contribution in [0, 0.1) is 0 Å². The van der Waals surface area contributed by atoms with Crippen LogP contribution in [0.1, 0.15) is 27.7 Å². The van der Waals surface area contributed by atoms with Crippen LogP contribution < -0.4 is 0 Å². The van der Waals surface area contributed by atoms with Gasteiger partial charge in [-0.2, -0.15) is 0 Å². The van der Waals surface area contributed by atoms with E-state index in [0.717, 1.165) is 10.4 Å². The maximum Gasteiger partial charge on any atom is 0.202 e. The summed E-state index contributed by atoms with van der Waals surface area (Å²) in [5.41, 5.74) is 1.74. The Bertz CT molecular complexity index is 483. The van der Waals surface area contributed by atoms with Crippen molar-refractivity contribution in [3.05, 3.63) is 57.8 Å². The molecule has 0 spiro atoms. The number of carbonyl (C=O) groups excluding carboxylic acids is 1. The fraction of sp³-hybridized carbons (Fsp3) is 0.214. The topological polar surface area (TPSA) is 37.3 Å². The molecule has 0 fully saturated rings. The number of rotatable bonds is 4. The molecule has 2 nitrogen and oxygen atoms in total. The average molecular weight is 246 g/mol. The summed E-state index contributed by atoms with van der Waals surface area (Å²) in [6.07, 6.45) is 0.266. The van der Waals surface area contributed by atoms with Gasteiger partial charge < -0.3 is 5.11 Å². The Morgan fingerprint density at radius 1 is 1.29 bits per heavy atom. The van der Waals surface area contributed by atoms with Crippen molar-refractivity contribution in [3.8, 4) is 0 Å². The number of aliphatic hydroxyl groups excluding tert-OH is 1. The van der Waals surface area contributed by atoms with Gasteiger partial charge in [-0.15, -0.1) is 11.3 Å². The van der Waals surface area contributed by atoms with Gasteiger partial charge in [0.05, 0.1) is 11.0 Å². The molecular formula is C14H14O2S. The summed E-state index contributed by atoms with van der Waals surface area (Å²) >= 11 is 1.45. The molecule has 3 heteroatoms. The highest BCUT2D eigenvalue weighted by atomic mass is 32.1. The lowest BCUT2D eigenvalue weighted by molar-refractivity contribution is 0.104. The molecule has 0 saturated heterocycles. The van der Waals surface area contributed by atoms with Crippen molar-refractivity contribution >= 4 is 17.1 Å². The molecule has 17 heavy (non-hydrogen) atoms. The Morgan fingerprint density at radius 3 is 2.53 bits per heavy atom. The number of ketones is 1. The molecule has 0 amide bonds. The summed E-state index contributed by atoms with van der Waals surface area (Å²) in [6.45, 7) is 1.75. The SMILES string of the molecule is CC(O)Cc1ccc(C(=O)c2cccs2)cc1. The maximum absolute atomic E-state index is 12.0. The van der Waals surface area contributed by atoms with Crippen LogP contribution >= 0.6 is 11.3 Å². The summed E-state index contributed by atoms with van der Waals surface area (Å²) in [5.74, 6) is 0.0589. The minimum atomic E-state index is -0.353. The van der Waals surface area contributed by atoms with Crippen molar-refractivity contribution in [1.82, 2.24) is 0 Å². The van der Waals surface area contributed by atoms with Crippen molar-refractivity contribution < 1.29 is 9.90 Å². The summed E-state index contributed by atoms with van der Waals surface area (Å²) in [7, 11) is 0. The molecule has 0 aliphatic rings. The van der Waals surface area contributed by atoms with E-state index in [-0.39, 0.29) is 11.9 Å². The number of hydrogen-bond acceptors (Lipinski definition) is 3. The monoisotopic (exact) mass is 246 g/mol. The van der Waals surface area contributed by atoms with E-state index in [1.807, 2.05) is 41.8 Å². The molecule has 1 atom stereocenters. The second-order valence-corrected chi connectivity index (χ2v) is 5.00. The number of thiophene rings is 1. The first-order chi connectivity index (χ1) is 8.16. The summed E-state index contributed by atoms with van der Waals surface area (Å²) in [5, 5.41) is 11.2. The van der Waals surface area contributed by atoms with E-state index in [9.17, 15) is 9.90 Å². The van der Waals surface area contributed by atoms with Crippen LogP contribution in [0.15, 0.2) is 41.8 Å². The lowest BCUT2D eigenvalue weighted by Gasteiger charge is -2.05. The van der Waals surface area contributed by atoms with Gasteiger partial charge in [-0.3, -0.25) is 4.79 Å². The van der Waals surface area contributed by atoms with E-state index >= 15 is 0 Å². The first-order valence-corrected chi connectivity index (χ1v) is 6.40. The minimum Gasteiger partial charge on any atom is -0.393 e. The average Bonchev–Trinajstić information content (AvgIpc) is 2.82. The molecule has 0 radical (unpaired) electrons. The molecule has 0 bridgehead atoms. The number of hydrogen-bond donors (Lipinski definition) is 1. The maximum atomic E-state index is 12.0. The van der Waals surface area contributed by atoms with Crippen LogP contribution in [0.4, 0.5) is 0 Å². The highest BCUT2D eigenvalue weighted by molar-refractivity contribution is 7.12. The molecular weight excluding hydrogens is 232 g/mol. The lowest BCUT2D eigenvalue weighted by Crippen LogP contribution is -2.05. The molecule has 2 aromatic rings. The van der Waals surface area contributed by atoms with Gasteiger partial charge >= 0.3 is 0 Å². The second kappa shape index (κ2) is 5.25. The molecule has 1 aromatic heterocycles. The van der Waals surface area contributed by atoms with Crippen molar-refractivity contribution in [2.45, 2.75) is 19.4 Å². The smallest absolute Gasteiger partial charge is 0.202 e. The van der Waals surface area contributed by atoms with Crippen molar-refractivity contribution in [1.29, 1.82) is 0 Å². The molecule has 1 aromatic carbocycles. The van der Waals surface area contributed by atoms with Crippen LogP contribution in [0.25, 0.3) is 0 Å². The van der Waals surface area contributed by atoms with E-state index in [2.05, 4.69) is 0 Å². The number of aliphatic hydroxyl groups is 1. The Hall–Kier alpha value is -1.45. The first-order valence-electron chi connectivity index (χ1n) is 5.52. The second-order valence-electron chi connectivity index (χ2n) is 4.06. The van der Waals surface area contributed by atoms with E-state index in [0.29, 0.717) is 12.0 Å². The molecule has 0 saturated carbocycles. The van der Waals surface area contributed by atoms with Gasteiger partial charge in [0.2, 0.25) is 5.78 Å². The summed E-state index contributed by atoms with van der Waals surface area (Å²) < 4.78 is 0. The van der Waals surface area contributed by atoms with Crippen LogP contribution in [-0.2, 0) is 6.42 Å². The van der Waals surface area contributed by atoms with E-state index in [1.165, 1.54) is 11.3 Å². The van der Waals surface area contributed by atoms with Crippen LogP contribution in [0.2, 0.25) is 0 Å². The van der Waals surface area contributed by atoms with Gasteiger partial charge in [0, 0.05) is 5.56 Å². The minimum absolute atomic E-state index is 0.0589. The molecule has 88 valence electrons. The Kier molecular flexibility index (Phi) is 3.71. The van der Waals surface area contributed by atoms with Crippen molar-refractivity contribution in [3.63, 3.8) is 0 Å². The number of benzene rings is 1. The highest BCUT2D eigenvalue weighted by Gasteiger charge is 2.09. The molecule has 1 N–H and O–H groups in total. The third kappa shape index (κ3) is 3.02. The largest absolute Gasteiger partial charge is 0.393 e. The van der Waals surface area contributed by atoms with Crippen LogP contribution in [-0.4, -0.2) is 17.0 Å². The predicted molar refractivity (Wildman–Crippen MR) is 69.6 cm³/mol. The fourth-order valence-electron chi connectivity index (χ4n) is 1.68. The highest BCUT2D eigenvalue weighted by Crippen LogP contribution is 2.16. The molecule has 2 rings (SSSR count). The normalized spacial score (nSPS) is 12.4. The zero-order valence-corrected chi connectivity index (χ0v) is 10.4. The van der Waals surface area contributed by atoms with E-state index in [4.69, 9.17) is 0 Å². The van der Waals surface area contributed by atoms with Crippen LogP contribution in [0.3, 0.4) is 0 Å². The van der Waals surface area contributed by atoms with Gasteiger partial charge in [-0.25, -0.2) is 0 Å². The summed E-state index contributed by atoms with van der Waals surface area (Å²) in [6, 6.07) is 11.1. The van der Waals surface area contributed by atoms with Crippen molar-refractivity contribution in [2.75, 3.05) is 0 Å². The molecule has 1 heterocycles. The zero-order valence-electron chi connectivity index (χ0n) is 9.59. The molecule has 0 aliphatic heterocycles. The first kappa shape index (κ1) is 12.0. The third-order valence-corrected chi connectivity index (χ3v) is 3.36. The fourth-order valence-corrected chi connectivity index (χ4v) is 2.37. The Labute approximate surface area is 105 Å².